The average Bonchev–Trinajstić information content (AvgIpc) is 2.91. The van der Waals surface area contributed by atoms with Crippen molar-refractivity contribution in [3.8, 4) is 0 Å². The molecule has 0 saturated carbocycles. The van der Waals surface area contributed by atoms with Gasteiger partial charge in [0.15, 0.2) is 0 Å². The van der Waals surface area contributed by atoms with Crippen LogP contribution in [0.15, 0.2) is 54.6 Å². The Morgan fingerprint density at radius 1 is 1.09 bits per heavy atom. The molecular formula is C20H22N2O. The number of benzene rings is 2. The SMILES string of the molecule is CC(=O)C1CN(c2ccccc2)[C@@]2(C)c3ccccc3N[C@@]12C. The Balaban J connectivity index is 1.94. The highest BCUT2D eigenvalue weighted by Crippen LogP contribution is 2.58. The first-order chi connectivity index (χ1) is 11.0. The monoisotopic (exact) mass is 306 g/mol. The van der Waals surface area contributed by atoms with Crippen LogP contribution >= 0.6 is 0 Å². The summed E-state index contributed by atoms with van der Waals surface area (Å²) in [4.78, 5) is 14.8. The molecule has 2 aromatic carbocycles. The van der Waals surface area contributed by atoms with Crippen molar-refractivity contribution in [3.63, 3.8) is 0 Å². The largest absolute Gasteiger partial charge is 0.376 e. The molecule has 0 amide bonds. The number of fused-ring (bicyclic) bond motifs is 3. The second-order valence-electron chi connectivity index (χ2n) is 7.05. The van der Waals surface area contributed by atoms with E-state index in [4.69, 9.17) is 0 Å². The maximum absolute atomic E-state index is 12.4. The quantitative estimate of drug-likeness (QED) is 0.915. The maximum atomic E-state index is 12.4. The Morgan fingerprint density at radius 3 is 2.43 bits per heavy atom. The number of carbonyl (C=O) groups excluding carboxylic acids is 1. The van der Waals surface area contributed by atoms with Crippen LogP contribution in [0.25, 0.3) is 0 Å². The molecule has 118 valence electrons. The summed E-state index contributed by atoms with van der Waals surface area (Å²) in [5.74, 6) is 0.206. The molecule has 3 nitrogen and oxygen atoms in total. The third-order valence-electron chi connectivity index (χ3n) is 6.02. The maximum Gasteiger partial charge on any atom is 0.137 e. The Hall–Kier alpha value is -2.29. The molecule has 3 atom stereocenters. The van der Waals surface area contributed by atoms with E-state index in [0.29, 0.717) is 0 Å². The van der Waals surface area contributed by atoms with Gasteiger partial charge in [-0.1, -0.05) is 36.4 Å². The highest BCUT2D eigenvalue weighted by atomic mass is 16.1. The van der Waals surface area contributed by atoms with Crippen molar-refractivity contribution < 1.29 is 4.79 Å². The number of hydrogen-bond acceptors (Lipinski definition) is 3. The Kier molecular flexibility index (Phi) is 2.87. The molecule has 1 N–H and O–H groups in total. The summed E-state index contributed by atoms with van der Waals surface area (Å²) in [6.45, 7) is 6.92. The van der Waals surface area contributed by atoms with Crippen molar-refractivity contribution in [1.29, 1.82) is 0 Å². The van der Waals surface area contributed by atoms with Crippen molar-refractivity contribution in [2.24, 2.45) is 5.92 Å². The average molecular weight is 306 g/mol. The van der Waals surface area contributed by atoms with E-state index < -0.39 is 0 Å². The minimum atomic E-state index is -0.307. The summed E-state index contributed by atoms with van der Waals surface area (Å²) < 4.78 is 0. The van der Waals surface area contributed by atoms with Gasteiger partial charge >= 0.3 is 0 Å². The third-order valence-corrected chi connectivity index (χ3v) is 6.02. The standard InChI is InChI=1S/C20H22N2O/c1-14(23)17-13-22(15-9-5-4-6-10-15)20(3)16-11-7-8-12-18(16)21-19(17,20)2/h4-12,17,21H,13H2,1-3H3/t17?,19-,20-/m0/s1. The van der Waals surface area contributed by atoms with E-state index in [1.54, 1.807) is 6.92 Å². The number of para-hydroxylation sites is 2. The van der Waals surface area contributed by atoms with Gasteiger partial charge in [0.1, 0.15) is 5.78 Å². The number of nitrogens with one attached hydrogen (secondary N) is 1. The molecule has 3 heteroatoms. The van der Waals surface area contributed by atoms with Crippen LogP contribution in [0.2, 0.25) is 0 Å². The van der Waals surface area contributed by atoms with Crippen molar-refractivity contribution in [1.82, 2.24) is 0 Å². The molecule has 2 heterocycles. The molecule has 0 spiro atoms. The molecule has 23 heavy (non-hydrogen) atoms. The summed E-state index contributed by atoms with van der Waals surface area (Å²) in [7, 11) is 0. The lowest BCUT2D eigenvalue weighted by Crippen LogP contribution is -2.54. The first kappa shape index (κ1) is 14.3. The van der Waals surface area contributed by atoms with Crippen LogP contribution in [0.3, 0.4) is 0 Å². The first-order valence-electron chi connectivity index (χ1n) is 8.19. The van der Waals surface area contributed by atoms with Gasteiger partial charge in [-0.2, -0.15) is 0 Å². The van der Waals surface area contributed by atoms with E-state index in [9.17, 15) is 4.79 Å². The molecule has 2 aromatic rings. The van der Waals surface area contributed by atoms with Gasteiger partial charge in [-0.3, -0.25) is 4.79 Å². The summed E-state index contributed by atoms with van der Waals surface area (Å²) >= 11 is 0. The Labute approximate surface area is 137 Å². The van der Waals surface area contributed by atoms with Crippen LogP contribution in [0, 0.1) is 5.92 Å². The predicted molar refractivity (Wildman–Crippen MR) is 93.8 cm³/mol. The number of ketones is 1. The number of rotatable bonds is 2. The zero-order chi connectivity index (χ0) is 16.2. The molecule has 0 aliphatic carbocycles. The molecule has 1 unspecified atom stereocenters. The zero-order valence-electron chi connectivity index (χ0n) is 13.8. The topological polar surface area (TPSA) is 32.3 Å². The van der Waals surface area contributed by atoms with Gasteiger partial charge < -0.3 is 10.2 Å². The summed E-state index contributed by atoms with van der Waals surface area (Å²) in [6, 6.07) is 18.9. The molecule has 1 saturated heterocycles. The molecule has 4 rings (SSSR count). The fourth-order valence-electron chi connectivity index (χ4n) is 4.60. The van der Waals surface area contributed by atoms with Gasteiger partial charge in [0.2, 0.25) is 0 Å². The van der Waals surface area contributed by atoms with E-state index in [0.717, 1.165) is 12.2 Å². The van der Waals surface area contributed by atoms with Crippen LogP contribution in [-0.2, 0) is 10.3 Å². The summed E-state index contributed by atoms with van der Waals surface area (Å²) in [5, 5.41) is 3.68. The van der Waals surface area contributed by atoms with Crippen molar-refractivity contribution in [2.45, 2.75) is 31.8 Å². The number of carbonyl (C=O) groups is 1. The van der Waals surface area contributed by atoms with Crippen LogP contribution in [0.5, 0.6) is 0 Å². The molecular weight excluding hydrogens is 284 g/mol. The second-order valence-corrected chi connectivity index (χ2v) is 7.05. The van der Waals surface area contributed by atoms with Crippen molar-refractivity contribution in [2.75, 3.05) is 16.8 Å². The van der Waals surface area contributed by atoms with E-state index in [1.165, 1.54) is 11.3 Å². The summed E-state index contributed by atoms with van der Waals surface area (Å²) in [6.07, 6.45) is 0. The highest BCUT2D eigenvalue weighted by molar-refractivity contribution is 5.86. The highest BCUT2D eigenvalue weighted by Gasteiger charge is 2.65. The molecule has 2 aliphatic rings. The van der Waals surface area contributed by atoms with Gasteiger partial charge in [0, 0.05) is 23.5 Å². The Bertz CT molecular complexity index is 772. The van der Waals surface area contributed by atoms with Gasteiger partial charge in [0.05, 0.1) is 17.0 Å². The molecule has 0 radical (unpaired) electrons. The molecule has 2 aliphatic heterocycles. The van der Waals surface area contributed by atoms with Crippen LogP contribution < -0.4 is 10.2 Å². The van der Waals surface area contributed by atoms with E-state index in [1.807, 2.05) is 6.07 Å². The number of Topliss-reactive ketones (excluding diaryl/α,β-unsaturated/α-hetero) is 1. The van der Waals surface area contributed by atoms with Crippen LogP contribution in [0.1, 0.15) is 26.3 Å². The minimum absolute atomic E-state index is 0.0416. The molecule has 0 bridgehead atoms. The molecule has 0 aromatic heterocycles. The zero-order valence-corrected chi connectivity index (χ0v) is 13.8. The fourth-order valence-corrected chi connectivity index (χ4v) is 4.60. The lowest BCUT2D eigenvalue weighted by atomic mass is 9.73. The number of nitrogens with zero attached hydrogens (tertiary/aromatic N) is 1. The van der Waals surface area contributed by atoms with Crippen LogP contribution in [0.4, 0.5) is 11.4 Å². The van der Waals surface area contributed by atoms with E-state index in [-0.39, 0.29) is 22.8 Å². The summed E-state index contributed by atoms with van der Waals surface area (Å²) in [5.41, 5.74) is 3.03. The normalized spacial score (nSPS) is 31.4. The second kappa shape index (κ2) is 4.60. The first-order valence-corrected chi connectivity index (χ1v) is 8.19. The Morgan fingerprint density at radius 2 is 1.74 bits per heavy atom. The number of anilines is 2. The molecule has 1 fully saturated rings. The van der Waals surface area contributed by atoms with E-state index >= 15 is 0 Å². The van der Waals surface area contributed by atoms with Gasteiger partial charge in [0.25, 0.3) is 0 Å². The van der Waals surface area contributed by atoms with Gasteiger partial charge in [-0.05, 0) is 39.0 Å². The van der Waals surface area contributed by atoms with Crippen molar-refractivity contribution >= 4 is 17.2 Å². The van der Waals surface area contributed by atoms with Gasteiger partial charge in [-0.15, -0.1) is 0 Å². The van der Waals surface area contributed by atoms with E-state index in [2.05, 4.69) is 72.6 Å². The predicted octanol–water partition coefficient (Wildman–Crippen LogP) is 3.81. The van der Waals surface area contributed by atoms with Gasteiger partial charge in [-0.25, -0.2) is 0 Å². The minimum Gasteiger partial charge on any atom is -0.376 e. The lowest BCUT2D eigenvalue weighted by molar-refractivity contribution is -0.121. The van der Waals surface area contributed by atoms with Crippen molar-refractivity contribution in [3.05, 3.63) is 60.2 Å². The van der Waals surface area contributed by atoms with Crippen LogP contribution in [-0.4, -0.2) is 17.9 Å². The smallest absolute Gasteiger partial charge is 0.137 e. The fraction of sp³-hybridized carbons (Fsp3) is 0.350. The lowest BCUT2D eigenvalue weighted by Gasteiger charge is -2.42. The number of hydrogen-bond donors (Lipinski definition) is 1. The third kappa shape index (κ3) is 1.68.